The average Bonchev–Trinajstić information content (AvgIpc) is 3.42. The normalized spacial score (nSPS) is 12.4. The molecule has 0 fully saturated rings. The number of hydrogen-bond donors (Lipinski definition) is 2. The van der Waals surface area contributed by atoms with Crippen molar-refractivity contribution >= 4 is 43.7 Å². The number of benzene rings is 2. The summed E-state index contributed by atoms with van der Waals surface area (Å²) in [5.74, 6) is 0. The molecular formula is C23H26N4OS2. The first-order valence-corrected chi connectivity index (χ1v) is 11.5. The highest BCUT2D eigenvalue weighted by atomic mass is 32.1. The van der Waals surface area contributed by atoms with Crippen molar-refractivity contribution in [2.45, 2.75) is 6.23 Å². The summed E-state index contributed by atoms with van der Waals surface area (Å²) in [7, 11) is 6.22. The maximum Gasteiger partial charge on any atom is 0.186 e. The Hall–Kier alpha value is -2.45. The molecule has 156 valence electrons. The lowest BCUT2D eigenvalue weighted by Crippen LogP contribution is -2.28. The molecule has 0 amide bonds. The van der Waals surface area contributed by atoms with E-state index in [2.05, 4.69) is 53.8 Å². The Kier molecular flexibility index (Phi) is 6.34. The van der Waals surface area contributed by atoms with Crippen molar-refractivity contribution in [3.63, 3.8) is 0 Å². The number of hydrogen-bond acceptors (Lipinski definition) is 7. The molecule has 2 aromatic heterocycles. The standard InChI is InChI=1S/C23H26N4OS2/c1-26(2)12-13-27(3)23-25-19-11-10-18(15-21(19)30-23)24-22(28)17-8-6-16(7-9-17)20-5-4-14-29-20/h4-11,14-15,22,24,28H,12-13H2,1-3H3. The number of thiazole rings is 1. The van der Waals surface area contributed by atoms with Crippen molar-refractivity contribution in [1.82, 2.24) is 9.88 Å². The fourth-order valence-electron chi connectivity index (χ4n) is 3.12. The molecule has 2 heterocycles. The second kappa shape index (κ2) is 9.14. The highest BCUT2D eigenvalue weighted by Gasteiger charge is 2.12. The predicted molar refractivity (Wildman–Crippen MR) is 130 cm³/mol. The molecule has 7 heteroatoms. The van der Waals surface area contributed by atoms with Crippen molar-refractivity contribution in [3.8, 4) is 10.4 Å². The number of aliphatic hydroxyl groups is 1. The maximum atomic E-state index is 10.6. The van der Waals surface area contributed by atoms with Crippen LogP contribution in [-0.4, -0.2) is 49.2 Å². The highest BCUT2D eigenvalue weighted by molar-refractivity contribution is 7.22. The summed E-state index contributed by atoms with van der Waals surface area (Å²) in [6, 6.07) is 18.2. The second-order valence-electron chi connectivity index (χ2n) is 7.55. The van der Waals surface area contributed by atoms with Crippen LogP contribution in [0.2, 0.25) is 0 Å². The van der Waals surface area contributed by atoms with E-state index in [0.717, 1.165) is 45.3 Å². The van der Waals surface area contributed by atoms with Crippen LogP contribution in [0.1, 0.15) is 11.8 Å². The van der Waals surface area contributed by atoms with Crippen LogP contribution >= 0.6 is 22.7 Å². The Bertz CT molecular complexity index is 1090. The Morgan fingerprint density at radius 3 is 2.53 bits per heavy atom. The van der Waals surface area contributed by atoms with Gasteiger partial charge in [-0.2, -0.15) is 0 Å². The zero-order valence-corrected chi connectivity index (χ0v) is 19.0. The number of nitrogens with one attached hydrogen (secondary N) is 1. The Labute approximate surface area is 185 Å². The molecule has 0 radical (unpaired) electrons. The first-order chi connectivity index (χ1) is 14.5. The summed E-state index contributed by atoms with van der Waals surface area (Å²) in [5.41, 5.74) is 3.86. The SMILES string of the molecule is CN(C)CCN(C)c1nc2ccc(NC(O)c3ccc(-c4cccs4)cc3)cc2s1. The molecule has 5 nitrogen and oxygen atoms in total. The van der Waals surface area contributed by atoms with Gasteiger partial charge in [-0.25, -0.2) is 4.98 Å². The zero-order chi connectivity index (χ0) is 21.1. The smallest absolute Gasteiger partial charge is 0.186 e. The first kappa shape index (κ1) is 20.8. The van der Waals surface area contributed by atoms with Gasteiger partial charge in [-0.05, 0) is 49.3 Å². The van der Waals surface area contributed by atoms with Gasteiger partial charge in [0.1, 0.15) is 0 Å². The molecule has 0 spiro atoms. The molecule has 0 aliphatic heterocycles. The number of thiophene rings is 1. The van der Waals surface area contributed by atoms with Gasteiger partial charge >= 0.3 is 0 Å². The van der Waals surface area contributed by atoms with Gasteiger partial charge in [0.2, 0.25) is 0 Å². The minimum absolute atomic E-state index is 0.769. The van der Waals surface area contributed by atoms with Gasteiger partial charge in [0, 0.05) is 36.3 Å². The molecular weight excluding hydrogens is 412 g/mol. The summed E-state index contributed by atoms with van der Waals surface area (Å²) >= 11 is 3.38. The third-order valence-corrected chi connectivity index (χ3v) is 6.97. The number of rotatable bonds is 8. The van der Waals surface area contributed by atoms with Crippen LogP contribution in [0.25, 0.3) is 20.7 Å². The fourth-order valence-corrected chi connectivity index (χ4v) is 4.85. The lowest BCUT2D eigenvalue weighted by atomic mass is 10.1. The van der Waals surface area contributed by atoms with E-state index in [1.54, 1.807) is 22.7 Å². The minimum atomic E-state index is -0.769. The van der Waals surface area contributed by atoms with E-state index < -0.39 is 6.23 Å². The second-order valence-corrected chi connectivity index (χ2v) is 9.51. The van der Waals surface area contributed by atoms with E-state index in [1.807, 2.05) is 42.5 Å². The van der Waals surface area contributed by atoms with Crippen molar-refractivity contribution in [2.24, 2.45) is 0 Å². The van der Waals surface area contributed by atoms with Crippen molar-refractivity contribution in [3.05, 3.63) is 65.5 Å². The van der Waals surface area contributed by atoms with Gasteiger partial charge in [0.15, 0.2) is 11.4 Å². The molecule has 0 aliphatic carbocycles. The summed E-state index contributed by atoms with van der Waals surface area (Å²) in [6.45, 7) is 1.91. The van der Waals surface area contributed by atoms with E-state index in [9.17, 15) is 5.11 Å². The molecule has 0 aliphatic rings. The quantitative estimate of drug-likeness (QED) is 0.374. The molecule has 1 unspecified atom stereocenters. The zero-order valence-electron chi connectivity index (χ0n) is 17.4. The van der Waals surface area contributed by atoms with Gasteiger partial charge in [0.05, 0.1) is 10.2 Å². The first-order valence-electron chi connectivity index (χ1n) is 9.84. The lowest BCUT2D eigenvalue weighted by Gasteiger charge is -2.18. The number of anilines is 2. The van der Waals surface area contributed by atoms with Crippen LogP contribution in [0, 0.1) is 0 Å². The molecule has 0 saturated carbocycles. The molecule has 2 N–H and O–H groups in total. The average molecular weight is 439 g/mol. The van der Waals surface area contributed by atoms with E-state index >= 15 is 0 Å². The fraction of sp³-hybridized carbons (Fsp3) is 0.261. The Morgan fingerprint density at radius 1 is 1.03 bits per heavy atom. The molecule has 4 rings (SSSR count). The number of aromatic nitrogens is 1. The molecule has 2 aromatic carbocycles. The Balaban J connectivity index is 1.45. The van der Waals surface area contributed by atoms with Gasteiger partial charge in [-0.1, -0.05) is 41.7 Å². The molecule has 4 aromatic rings. The largest absolute Gasteiger partial charge is 0.369 e. The molecule has 30 heavy (non-hydrogen) atoms. The van der Waals surface area contributed by atoms with Gasteiger partial charge < -0.3 is 20.2 Å². The number of aliphatic hydroxyl groups excluding tert-OH is 1. The van der Waals surface area contributed by atoms with Crippen LogP contribution in [0.3, 0.4) is 0 Å². The van der Waals surface area contributed by atoms with Gasteiger partial charge in [-0.15, -0.1) is 11.3 Å². The van der Waals surface area contributed by atoms with E-state index in [-0.39, 0.29) is 0 Å². The summed E-state index contributed by atoms with van der Waals surface area (Å²) < 4.78 is 1.10. The van der Waals surface area contributed by atoms with Crippen LogP contribution in [0.4, 0.5) is 10.8 Å². The van der Waals surface area contributed by atoms with E-state index in [0.29, 0.717) is 0 Å². The van der Waals surface area contributed by atoms with Crippen molar-refractivity contribution in [1.29, 1.82) is 0 Å². The van der Waals surface area contributed by atoms with Crippen LogP contribution in [0.5, 0.6) is 0 Å². The minimum Gasteiger partial charge on any atom is -0.369 e. The van der Waals surface area contributed by atoms with Crippen molar-refractivity contribution in [2.75, 3.05) is 44.4 Å². The summed E-state index contributed by atoms with van der Waals surface area (Å²) in [6.07, 6.45) is -0.769. The van der Waals surface area contributed by atoms with E-state index in [4.69, 9.17) is 4.98 Å². The predicted octanol–water partition coefficient (Wildman–Crippen LogP) is 5.13. The maximum absolute atomic E-state index is 10.6. The topological polar surface area (TPSA) is 51.6 Å². The molecule has 0 bridgehead atoms. The Morgan fingerprint density at radius 2 is 1.83 bits per heavy atom. The van der Waals surface area contributed by atoms with Gasteiger partial charge in [0.25, 0.3) is 0 Å². The number of nitrogens with zero attached hydrogens (tertiary/aromatic N) is 3. The molecule has 0 saturated heterocycles. The number of likely N-dealkylation sites (N-methyl/N-ethyl adjacent to an activating group) is 2. The van der Waals surface area contributed by atoms with Gasteiger partial charge in [-0.3, -0.25) is 0 Å². The highest BCUT2D eigenvalue weighted by Crippen LogP contribution is 2.31. The van der Waals surface area contributed by atoms with Crippen LogP contribution in [0.15, 0.2) is 60.0 Å². The number of fused-ring (bicyclic) bond motifs is 1. The van der Waals surface area contributed by atoms with Crippen LogP contribution in [-0.2, 0) is 0 Å². The molecule has 1 atom stereocenters. The summed E-state index contributed by atoms with van der Waals surface area (Å²) in [4.78, 5) is 10.3. The third kappa shape index (κ3) is 4.82. The summed E-state index contributed by atoms with van der Waals surface area (Å²) in [5, 5.41) is 16.9. The van der Waals surface area contributed by atoms with E-state index in [1.165, 1.54) is 4.88 Å². The van der Waals surface area contributed by atoms with Crippen LogP contribution < -0.4 is 10.2 Å². The third-order valence-electron chi connectivity index (χ3n) is 4.92. The lowest BCUT2D eigenvalue weighted by molar-refractivity contribution is 0.208. The monoisotopic (exact) mass is 438 g/mol. The van der Waals surface area contributed by atoms with Crippen molar-refractivity contribution < 1.29 is 5.11 Å².